The first-order chi connectivity index (χ1) is 20.3. The smallest absolute Gasteiger partial charge is 0.333 e. The first-order valence-electron chi connectivity index (χ1n) is 13.6. The minimum Gasteiger partial charge on any atom is -0.489 e. The van der Waals surface area contributed by atoms with Crippen molar-refractivity contribution in [1.82, 2.24) is 10.3 Å². The van der Waals surface area contributed by atoms with E-state index >= 15 is 0 Å². The third kappa shape index (κ3) is 8.97. The molecule has 0 unspecified atom stereocenters. The van der Waals surface area contributed by atoms with Crippen molar-refractivity contribution in [2.45, 2.75) is 39.8 Å². The van der Waals surface area contributed by atoms with Crippen LogP contribution in [0.2, 0.25) is 0 Å². The van der Waals surface area contributed by atoms with Gasteiger partial charge < -0.3 is 14.8 Å². The Kier molecular flexibility index (Phi) is 10.8. The molecule has 216 valence electrons. The summed E-state index contributed by atoms with van der Waals surface area (Å²) in [5, 5.41) is 5.70. The number of amides is 1. The Hall–Kier alpha value is -4.56. The van der Waals surface area contributed by atoms with Crippen molar-refractivity contribution >= 4 is 29.3 Å². The maximum absolute atomic E-state index is 13.4. The highest BCUT2D eigenvalue weighted by molar-refractivity contribution is 7.09. The van der Waals surface area contributed by atoms with Gasteiger partial charge in [0.1, 0.15) is 23.2 Å². The number of allylic oxidation sites excluding steroid dienone is 2. The fourth-order valence-corrected chi connectivity index (χ4v) is 5.02. The van der Waals surface area contributed by atoms with Crippen LogP contribution in [-0.2, 0) is 22.6 Å². The topological polar surface area (TPSA) is 77.5 Å². The lowest BCUT2D eigenvalue weighted by Crippen LogP contribution is -2.30. The van der Waals surface area contributed by atoms with Crippen LogP contribution >= 0.6 is 11.3 Å². The van der Waals surface area contributed by atoms with Crippen LogP contribution in [0, 0.1) is 5.82 Å². The van der Waals surface area contributed by atoms with Gasteiger partial charge in [-0.3, -0.25) is 4.79 Å². The first kappa shape index (κ1) is 30.4. The average molecular weight is 585 g/mol. The Bertz CT molecular complexity index is 1540. The number of esters is 1. The molecule has 1 N–H and O–H groups in total. The van der Waals surface area contributed by atoms with Gasteiger partial charge in [-0.1, -0.05) is 42.5 Å². The van der Waals surface area contributed by atoms with E-state index in [1.54, 1.807) is 19.9 Å². The van der Waals surface area contributed by atoms with Crippen LogP contribution in [-0.4, -0.2) is 23.5 Å². The number of thiazole rings is 1. The van der Waals surface area contributed by atoms with E-state index in [9.17, 15) is 14.0 Å². The first-order valence-corrected chi connectivity index (χ1v) is 14.5. The lowest BCUT2D eigenvalue weighted by atomic mass is 10.1. The van der Waals surface area contributed by atoms with E-state index < -0.39 is 11.9 Å². The normalized spacial score (nSPS) is 12.5. The van der Waals surface area contributed by atoms with Gasteiger partial charge in [-0.15, -0.1) is 11.3 Å². The van der Waals surface area contributed by atoms with E-state index in [0.29, 0.717) is 36.5 Å². The van der Waals surface area contributed by atoms with E-state index in [0.717, 1.165) is 27.5 Å². The zero-order valence-corrected chi connectivity index (χ0v) is 24.6. The predicted molar refractivity (Wildman–Crippen MR) is 164 cm³/mol. The third-order valence-corrected chi connectivity index (χ3v) is 7.25. The average Bonchev–Trinajstić information content (AvgIpc) is 3.45. The summed E-state index contributed by atoms with van der Waals surface area (Å²) < 4.78 is 24.4. The van der Waals surface area contributed by atoms with Crippen molar-refractivity contribution < 1.29 is 23.5 Å². The van der Waals surface area contributed by atoms with Gasteiger partial charge in [0.2, 0.25) is 0 Å². The van der Waals surface area contributed by atoms with Gasteiger partial charge in [0.25, 0.3) is 5.91 Å². The monoisotopic (exact) mass is 584 g/mol. The number of aromatic nitrogens is 1. The Labute approximate surface area is 249 Å². The quantitative estimate of drug-likeness (QED) is 0.106. The zero-order chi connectivity index (χ0) is 29.9. The van der Waals surface area contributed by atoms with Crippen LogP contribution in [0.4, 0.5) is 4.39 Å². The summed E-state index contributed by atoms with van der Waals surface area (Å²) in [7, 11) is 0. The molecule has 1 atom stereocenters. The molecule has 1 amide bonds. The molecule has 0 saturated carbocycles. The second kappa shape index (κ2) is 14.9. The fraction of sp³-hybridized carbons (Fsp3) is 0.206. The minimum atomic E-state index is -0.428. The highest BCUT2D eigenvalue weighted by Gasteiger charge is 2.20. The summed E-state index contributed by atoms with van der Waals surface area (Å²) in [6, 6.07) is 22.7. The SMILES string of the molecule is CCOC(=O)/C(C)=C\C(C)=C\c1csc([C@H](Cc2ccc(OCc3ccccc3)cc2)NC(=O)c2ccc(F)cc2)n1. The van der Waals surface area contributed by atoms with Crippen molar-refractivity contribution in [3.63, 3.8) is 0 Å². The molecular formula is C34H33FN2O4S. The van der Waals surface area contributed by atoms with Crippen LogP contribution in [0.25, 0.3) is 6.08 Å². The molecule has 42 heavy (non-hydrogen) atoms. The largest absolute Gasteiger partial charge is 0.489 e. The summed E-state index contributed by atoms with van der Waals surface area (Å²) >= 11 is 1.43. The molecule has 1 aromatic heterocycles. The Morgan fingerprint density at radius 3 is 2.38 bits per heavy atom. The summed E-state index contributed by atoms with van der Waals surface area (Å²) in [6.45, 7) is 6.15. The zero-order valence-electron chi connectivity index (χ0n) is 23.8. The van der Waals surface area contributed by atoms with Crippen molar-refractivity contribution in [2.24, 2.45) is 0 Å². The maximum atomic E-state index is 13.4. The van der Waals surface area contributed by atoms with E-state index in [2.05, 4.69) is 5.32 Å². The Morgan fingerprint density at radius 1 is 0.976 bits per heavy atom. The molecule has 0 spiro atoms. The van der Waals surface area contributed by atoms with Gasteiger partial charge in [-0.25, -0.2) is 14.2 Å². The Balaban J connectivity index is 1.51. The van der Waals surface area contributed by atoms with Gasteiger partial charge in [0, 0.05) is 16.5 Å². The number of nitrogens with one attached hydrogen (secondary N) is 1. The molecule has 0 radical (unpaired) electrons. The van der Waals surface area contributed by atoms with E-state index in [1.165, 1.54) is 35.6 Å². The fourth-order valence-electron chi connectivity index (χ4n) is 4.19. The van der Waals surface area contributed by atoms with Crippen LogP contribution in [0.3, 0.4) is 0 Å². The molecule has 4 aromatic rings. The second-order valence-electron chi connectivity index (χ2n) is 9.70. The Morgan fingerprint density at radius 2 is 1.69 bits per heavy atom. The molecule has 0 aliphatic rings. The number of benzene rings is 3. The standard InChI is InChI=1S/C34H33FN2O4S/c1-4-40-34(39)24(3)18-23(2)19-29-22-42-33(36-29)31(37-32(38)27-12-14-28(35)15-13-27)20-25-10-16-30(17-11-25)41-21-26-8-6-5-7-9-26/h5-19,22,31H,4,20-21H2,1-3H3,(H,37,38)/b23-19+,24-18-/t31-/m0/s1. The number of rotatable bonds is 12. The number of hydrogen-bond acceptors (Lipinski definition) is 6. The van der Waals surface area contributed by atoms with Crippen molar-refractivity contribution in [3.05, 3.63) is 135 Å². The maximum Gasteiger partial charge on any atom is 0.333 e. The van der Waals surface area contributed by atoms with Crippen LogP contribution in [0.5, 0.6) is 5.75 Å². The molecular weight excluding hydrogens is 551 g/mol. The predicted octanol–water partition coefficient (Wildman–Crippen LogP) is 7.49. The van der Waals surface area contributed by atoms with Crippen molar-refractivity contribution in [2.75, 3.05) is 6.61 Å². The number of carbonyl (C=O) groups is 2. The summed E-state index contributed by atoms with van der Waals surface area (Å²) in [4.78, 5) is 29.8. The highest BCUT2D eigenvalue weighted by atomic mass is 32.1. The molecule has 8 heteroatoms. The summed E-state index contributed by atoms with van der Waals surface area (Å²) in [6.07, 6.45) is 4.12. The summed E-state index contributed by atoms with van der Waals surface area (Å²) in [5.41, 5.74) is 4.49. The number of nitrogens with zero attached hydrogens (tertiary/aromatic N) is 1. The number of ether oxygens (including phenoxy) is 2. The minimum absolute atomic E-state index is 0.316. The molecule has 6 nitrogen and oxygen atoms in total. The van der Waals surface area contributed by atoms with Gasteiger partial charge in [-0.05, 0) is 92.4 Å². The van der Waals surface area contributed by atoms with E-state index in [1.807, 2.05) is 73.0 Å². The van der Waals surface area contributed by atoms with Crippen LogP contribution < -0.4 is 10.1 Å². The third-order valence-electron chi connectivity index (χ3n) is 6.28. The van der Waals surface area contributed by atoms with Gasteiger partial charge in [0.15, 0.2) is 0 Å². The number of halogens is 1. The van der Waals surface area contributed by atoms with Gasteiger partial charge in [0.05, 0.1) is 18.3 Å². The highest BCUT2D eigenvalue weighted by Crippen LogP contribution is 2.26. The van der Waals surface area contributed by atoms with Gasteiger partial charge in [-0.2, -0.15) is 0 Å². The van der Waals surface area contributed by atoms with Crippen LogP contribution in [0.15, 0.2) is 101 Å². The lowest BCUT2D eigenvalue weighted by molar-refractivity contribution is -0.138. The number of hydrogen-bond donors (Lipinski definition) is 1. The molecule has 0 fully saturated rings. The number of carbonyl (C=O) groups excluding carboxylic acids is 2. The van der Waals surface area contributed by atoms with Crippen molar-refractivity contribution in [3.8, 4) is 5.75 Å². The molecule has 1 heterocycles. The van der Waals surface area contributed by atoms with Crippen LogP contribution in [0.1, 0.15) is 59.0 Å². The molecule has 0 aliphatic carbocycles. The second-order valence-corrected chi connectivity index (χ2v) is 10.6. The molecule has 0 aliphatic heterocycles. The molecule has 4 rings (SSSR count). The lowest BCUT2D eigenvalue weighted by Gasteiger charge is -2.17. The van der Waals surface area contributed by atoms with Crippen molar-refractivity contribution in [1.29, 1.82) is 0 Å². The molecule has 0 saturated heterocycles. The molecule has 0 bridgehead atoms. The molecule has 3 aromatic carbocycles. The van der Waals surface area contributed by atoms with Gasteiger partial charge >= 0.3 is 5.97 Å². The summed E-state index contributed by atoms with van der Waals surface area (Å²) in [5.74, 6) is -0.335. The van der Waals surface area contributed by atoms with E-state index in [4.69, 9.17) is 14.5 Å². The van der Waals surface area contributed by atoms with E-state index in [-0.39, 0.29) is 11.9 Å².